The van der Waals surface area contributed by atoms with Crippen molar-refractivity contribution in [3.8, 4) is 0 Å². The predicted octanol–water partition coefficient (Wildman–Crippen LogP) is -1.30. The summed E-state index contributed by atoms with van der Waals surface area (Å²) in [5.74, 6) is -0.0224. The Balaban J connectivity index is 1.28. The van der Waals surface area contributed by atoms with E-state index in [0.717, 1.165) is 65.0 Å². The highest BCUT2D eigenvalue weighted by Gasteiger charge is 2.24. The number of quaternary nitrogens is 2. The van der Waals surface area contributed by atoms with Crippen molar-refractivity contribution in [2.24, 2.45) is 5.92 Å². The molecule has 0 radical (unpaired) electrons. The summed E-state index contributed by atoms with van der Waals surface area (Å²) in [6, 6.07) is 10.6. The molecule has 2 amide bonds. The highest BCUT2D eigenvalue weighted by atomic mass is 16.2. The van der Waals surface area contributed by atoms with Crippen molar-refractivity contribution in [3.63, 3.8) is 0 Å². The summed E-state index contributed by atoms with van der Waals surface area (Å²) in [6.45, 7) is 6.41. The zero-order chi connectivity index (χ0) is 18.2. The van der Waals surface area contributed by atoms with Gasteiger partial charge in [-0.2, -0.15) is 0 Å². The van der Waals surface area contributed by atoms with Gasteiger partial charge in [-0.25, -0.2) is 0 Å². The van der Waals surface area contributed by atoms with Gasteiger partial charge >= 0.3 is 0 Å². The largest absolute Gasteiger partial charge is 0.325 e. The Morgan fingerprint density at radius 1 is 0.923 bits per heavy atom. The minimum Gasteiger partial charge on any atom is -0.325 e. The normalized spacial score (nSPS) is 23.5. The fourth-order valence-electron chi connectivity index (χ4n) is 4.04. The lowest BCUT2D eigenvalue weighted by Gasteiger charge is -2.29. The minimum atomic E-state index is -0.0806. The SMILES string of the molecule is O=C(CC[NH+]1CC[NH+](Cc2ccccc2)CC1)NNC(=O)C1CCCC1. The topological polar surface area (TPSA) is 67.1 Å². The molecular weight excluding hydrogens is 328 g/mol. The van der Waals surface area contributed by atoms with Gasteiger partial charge in [-0.05, 0) is 12.8 Å². The van der Waals surface area contributed by atoms with Gasteiger partial charge in [-0.3, -0.25) is 20.4 Å². The van der Waals surface area contributed by atoms with Gasteiger partial charge in [0.15, 0.2) is 0 Å². The number of hydrazine groups is 1. The fraction of sp³-hybridized carbons (Fsp3) is 0.600. The van der Waals surface area contributed by atoms with Crippen LogP contribution in [0.3, 0.4) is 0 Å². The molecule has 1 aliphatic heterocycles. The number of hydrogen-bond donors (Lipinski definition) is 4. The van der Waals surface area contributed by atoms with Gasteiger partial charge in [0.2, 0.25) is 11.8 Å². The second kappa shape index (κ2) is 9.69. The smallest absolute Gasteiger partial charge is 0.244 e. The standard InChI is InChI=1S/C20H30N4O2/c25-19(21-22-20(26)18-8-4-5-9-18)10-11-23-12-14-24(15-13-23)16-17-6-2-1-3-7-17/h1-3,6-7,18H,4-5,8-16H2,(H,21,25)(H,22,26)/p+2. The zero-order valence-electron chi connectivity index (χ0n) is 15.6. The number of nitrogens with one attached hydrogen (secondary N) is 4. The van der Waals surface area contributed by atoms with Gasteiger partial charge < -0.3 is 9.80 Å². The zero-order valence-corrected chi connectivity index (χ0v) is 15.6. The van der Waals surface area contributed by atoms with Crippen molar-refractivity contribution < 1.29 is 19.4 Å². The number of piperazine rings is 1. The molecule has 1 aromatic rings. The average Bonchev–Trinajstić information content (AvgIpc) is 3.21. The molecule has 1 saturated carbocycles. The van der Waals surface area contributed by atoms with Crippen LogP contribution in [0.15, 0.2) is 30.3 Å². The molecule has 26 heavy (non-hydrogen) atoms. The van der Waals surface area contributed by atoms with E-state index in [-0.39, 0.29) is 17.7 Å². The van der Waals surface area contributed by atoms with Crippen molar-refractivity contribution >= 4 is 11.8 Å². The summed E-state index contributed by atoms with van der Waals surface area (Å²) in [7, 11) is 0. The molecular formula is C20H32N4O2+2. The van der Waals surface area contributed by atoms with E-state index < -0.39 is 0 Å². The third-order valence-corrected chi connectivity index (χ3v) is 5.72. The Labute approximate surface area is 155 Å². The van der Waals surface area contributed by atoms with Crippen molar-refractivity contribution in [2.75, 3.05) is 32.7 Å². The van der Waals surface area contributed by atoms with E-state index in [1.54, 1.807) is 4.90 Å². The van der Waals surface area contributed by atoms with Gasteiger partial charge in [0.1, 0.15) is 32.7 Å². The highest BCUT2D eigenvalue weighted by molar-refractivity contribution is 5.83. The third kappa shape index (κ3) is 5.81. The Bertz CT molecular complexity index is 579. The van der Waals surface area contributed by atoms with Crippen LogP contribution in [-0.2, 0) is 16.1 Å². The summed E-state index contributed by atoms with van der Waals surface area (Å²) in [5.41, 5.74) is 6.57. The van der Waals surface area contributed by atoms with Gasteiger partial charge in [0.05, 0.1) is 13.0 Å². The predicted molar refractivity (Wildman–Crippen MR) is 99.3 cm³/mol. The van der Waals surface area contributed by atoms with Gasteiger partial charge in [0.25, 0.3) is 0 Å². The summed E-state index contributed by atoms with van der Waals surface area (Å²) < 4.78 is 0. The first kappa shape index (κ1) is 18.9. The Morgan fingerprint density at radius 2 is 1.58 bits per heavy atom. The molecule has 6 nitrogen and oxygen atoms in total. The molecule has 1 aromatic carbocycles. The van der Waals surface area contributed by atoms with E-state index >= 15 is 0 Å². The fourth-order valence-corrected chi connectivity index (χ4v) is 4.04. The number of rotatable bonds is 6. The summed E-state index contributed by atoms with van der Waals surface area (Å²) in [6.07, 6.45) is 4.60. The van der Waals surface area contributed by atoms with Gasteiger partial charge in [-0.15, -0.1) is 0 Å². The monoisotopic (exact) mass is 360 g/mol. The molecule has 2 fully saturated rings. The van der Waals surface area contributed by atoms with Crippen molar-refractivity contribution in [3.05, 3.63) is 35.9 Å². The molecule has 1 heterocycles. The van der Waals surface area contributed by atoms with Crippen molar-refractivity contribution in [1.29, 1.82) is 0 Å². The van der Waals surface area contributed by atoms with E-state index in [0.29, 0.717) is 6.42 Å². The van der Waals surface area contributed by atoms with E-state index in [1.165, 1.54) is 10.5 Å². The molecule has 1 saturated heterocycles. The first-order valence-electron chi connectivity index (χ1n) is 10.0. The number of hydrogen-bond acceptors (Lipinski definition) is 2. The Hall–Kier alpha value is -1.92. The minimum absolute atomic E-state index is 0.0266. The molecule has 0 spiro atoms. The highest BCUT2D eigenvalue weighted by Crippen LogP contribution is 2.24. The van der Waals surface area contributed by atoms with E-state index in [1.807, 2.05) is 0 Å². The van der Waals surface area contributed by atoms with Crippen LogP contribution in [0.4, 0.5) is 0 Å². The van der Waals surface area contributed by atoms with Gasteiger partial charge in [0, 0.05) is 11.5 Å². The van der Waals surface area contributed by atoms with Crippen LogP contribution in [0.25, 0.3) is 0 Å². The Morgan fingerprint density at radius 3 is 2.27 bits per heavy atom. The average molecular weight is 361 g/mol. The third-order valence-electron chi connectivity index (χ3n) is 5.72. The van der Waals surface area contributed by atoms with Crippen LogP contribution >= 0.6 is 0 Å². The molecule has 0 aromatic heterocycles. The lowest BCUT2D eigenvalue weighted by Crippen LogP contribution is -3.27. The molecule has 0 atom stereocenters. The molecule has 3 rings (SSSR count). The van der Waals surface area contributed by atoms with Crippen LogP contribution in [0.5, 0.6) is 0 Å². The van der Waals surface area contributed by atoms with E-state index in [2.05, 4.69) is 41.2 Å². The first-order chi connectivity index (χ1) is 12.7. The van der Waals surface area contributed by atoms with E-state index in [4.69, 9.17) is 0 Å². The second-order valence-corrected chi connectivity index (χ2v) is 7.68. The molecule has 0 bridgehead atoms. The number of amides is 2. The van der Waals surface area contributed by atoms with Gasteiger partial charge in [-0.1, -0.05) is 43.2 Å². The molecule has 4 N–H and O–H groups in total. The van der Waals surface area contributed by atoms with Crippen LogP contribution in [-0.4, -0.2) is 44.5 Å². The van der Waals surface area contributed by atoms with Crippen LogP contribution in [0, 0.1) is 5.92 Å². The van der Waals surface area contributed by atoms with Crippen LogP contribution in [0.2, 0.25) is 0 Å². The summed E-state index contributed by atoms with van der Waals surface area (Å²) in [4.78, 5) is 27.0. The first-order valence-corrected chi connectivity index (χ1v) is 10.0. The molecule has 2 aliphatic rings. The maximum atomic E-state index is 12.0. The lowest BCUT2D eigenvalue weighted by atomic mass is 10.1. The molecule has 1 aliphatic carbocycles. The second-order valence-electron chi connectivity index (χ2n) is 7.68. The molecule has 142 valence electrons. The van der Waals surface area contributed by atoms with Crippen molar-refractivity contribution in [1.82, 2.24) is 10.9 Å². The summed E-state index contributed by atoms with van der Waals surface area (Å²) >= 11 is 0. The number of carbonyl (C=O) groups excluding carboxylic acids is 2. The maximum Gasteiger partial charge on any atom is 0.244 e. The Kier molecular flexibility index (Phi) is 7.03. The van der Waals surface area contributed by atoms with Crippen LogP contribution in [0.1, 0.15) is 37.7 Å². The number of benzene rings is 1. The molecule has 0 unspecified atom stereocenters. The van der Waals surface area contributed by atoms with Crippen LogP contribution < -0.4 is 20.7 Å². The maximum absolute atomic E-state index is 12.0. The quantitative estimate of drug-likeness (QED) is 0.477. The summed E-state index contributed by atoms with van der Waals surface area (Å²) in [5, 5.41) is 0. The number of carbonyl (C=O) groups is 2. The van der Waals surface area contributed by atoms with E-state index in [9.17, 15) is 9.59 Å². The van der Waals surface area contributed by atoms with Crippen molar-refractivity contribution in [2.45, 2.75) is 38.6 Å². The molecule has 6 heteroatoms. The lowest BCUT2D eigenvalue weighted by molar-refractivity contribution is -1.02.